The predicted molar refractivity (Wildman–Crippen MR) is 109 cm³/mol. The van der Waals surface area contributed by atoms with Gasteiger partial charge in [0, 0.05) is 12.8 Å². The zero-order valence-corrected chi connectivity index (χ0v) is 16.4. The van der Waals surface area contributed by atoms with Gasteiger partial charge in [-0.3, -0.25) is 4.79 Å². The van der Waals surface area contributed by atoms with Gasteiger partial charge in [-0.1, -0.05) is 35.0 Å². The summed E-state index contributed by atoms with van der Waals surface area (Å²) in [4.78, 5) is 17.6. The van der Waals surface area contributed by atoms with Gasteiger partial charge in [-0.2, -0.15) is 0 Å². The fourth-order valence-corrected chi connectivity index (χ4v) is 3.32. The van der Waals surface area contributed by atoms with Gasteiger partial charge in [0.05, 0.1) is 11.3 Å². The topological polar surface area (TPSA) is 68.1 Å². The number of aliphatic hydroxyl groups excluding tert-OH is 1. The highest BCUT2D eigenvalue weighted by Gasteiger charge is 2.30. The fourth-order valence-electron chi connectivity index (χ4n) is 3.32. The molecule has 0 aromatic heterocycles. The van der Waals surface area contributed by atoms with Crippen molar-refractivity contribution in [3.8, 4) is 11.5 Å². The highest BCUT2D eigenvalue weighted by Crippen LogP contribution is 2.36. The van der Waals surface area contributed by atoms with E-state index in [0.29, 0.717) is 30.9 Å². The average molecular weight is 379 g/mol. The summed E-state index contributed by atoms with van der Waals surface area (Å²) in [5.74, 6) is 1.30. The molecule has 28 heavy (non-hydrogen) atoms. The molecule has 0 saturated heterocycles. The predicted octanol–water partition coefficient (Wildman–Crippen LogP) is 5.46. The van der Waals surface area contributed by atoms with Crippen molar-refractivity contribution in [2.45, 2.75) is 39.5 Å². The Balaban J connectivity index is 1.78. The summed E-state index contributed by atoms with van der Waals surface area (Å²) in [6, 6.07) is 15.5. The second kappa shape index (κ2) is 8.74. The maximum Gasteiger partial charge on any atom is 0.168 e. The number of carbonyl (C=O) groups is 1. The molecule has 5 heteroatoms. The second-order valence-corrected chi connectivity index (χ2v) is 6.93. The van der Waals surface area contributed by atoms with E-state index in [4.69, 9.17) is 9.57 Å². The van der Waals surface area contributed by atoms with Crippen molar-refractivity contribution >= 4 is 11.5 Å². The molecule has 5 nitrogen and oxygen atoms in total. The lowest BCUT2D eigenvalue weighted by atomic mass is 9.81. The van der Waals surface area contributed by atoms with Crippen molar-refractivity contribution in [3.63, 3.8) is 0 Å². The van der Waals surface area contributed by atoms with Gasteiger partial charge in [-0.25, -0.2) is 0 Å². The molecular weight excluding hydrogens is 354 g/mol. The van der Waals surface area contributed by atoms with Crippen molar-refractivity contribution in [1.82, 2.24) is 0 Å². The summed E-state index contributed by atoms with van der Waals surface area (Å²) in [7, 11) is 0. The van der Waals surface area contributed by atoms with E-state index in [9.17, 15) is 9.90 Å². The van der Waals surface area contributed by atoms with E-state index >= 15 is 0 Å². The first-order chi connectivity index (χ1) is 13.5. The van der Waals surface area contributed by atoms with E-state index in [1.807, 2.05) is 62.4 Å². The van der Waals surface area contributed by atoms with Crippen LogP contribution in [0.1, 0.15) is 43.7 Å². The molecule has 0 fully saturated rings. The standard InChI is InChI=1S/C23H25NO4/c1-4-27-24-16(3)23-21(25)13-18(14-22(23)26)17-6-5-7-20(12-17)28-19-10-8-15(2)9-11-19/h5-12,18,25H,4,13-14H2,1-3H3. The fraction of sp³-hybridized carbons (Fsp3) is 0.304. The Morgan fingerprint density at radius 2 is 1.89 bits per heavy atom. The summed E-state index contributed by atoms with van der Waals surface area (Å²) < 4.78 is 5.93. The van der Waals surface area contributed by atoms with Crippen LogP contribution in [-0.2, 0) is 9.63 Å². The molecule has 0 heterocycles. The van der Waals surface area contributed by atoms with Crippen molar-refractivity contribution in [2.75, 3.05) is 6.61 Å². The maximum atomic E-state index is 12.6. The summed E-state index contributed by atoms with van der Waals surface area (Å²) in [6.07, 6.45) is 0.695. The smallest absolute Gasteiger partial charge is 0.168 e. The Morgan fingerprint density at radius 3 is 2.57 bits per heavy atom. The van der Waals surface area contributed by atoms with Crippen LogP contribution < -0.4 is 4.74 Å². The van der Waals surface area contributed by atoms with Crippen molar-refractivity contribution in [1.29, 1.82) is 0 Å². The van der Waals surface area contributed by atoms with Crippen LogP contribution in [0.15, 0.2) is 65.0 Å². The number of allylic oxidation sites excluding steroid dienone is 2. The quantitative estimate of drug-likeness (QED) is 0.535. The molecule has 1 atom stereocenters. The number of hydrogen-bond acceptors (Lipinski definition) is 5. The maximum absolute atomic E-state index is 12.6. The van der Waals surface area contributed by atoms with Gasteiger partial charge in [0.2, 0.25) is 0 Å². The van der Waals surface area contributed by atoms with Gasteiger partial charge in [0.25, 0.3) is 0 Å². The van der Waals surface area contributed by atoms with E-state index in [2.05, 4.69) is 5.16 Å². The number of hydrogen-bond donors (Lipinski definition) is 1. The SMILES string of the molecule is CCON=C(C)C1=C(O)CC(c2cccc(Oc3ccc(C)cc3)c2)CC1=O. The van der Waals surface area contributed by atoms with E-state index in [0.717, 1.165) is 11.3 Å². The Hall–Kier alpha value is -3.08. The summed E-state index contributed by atoms with van der Waals surface area (Å²) in [5, 5.41) is 14.4. The molecule has 146 valence electrons. The highest BCUT2D eigenvalue weighted by atomic mass is 16.6. The van der Waals surface area contributed by atoms with E-state index in [1.165, 1.54) is 5.56 Å². The number of aliphatic hydroxyl groups is 1. The van der Waals surface area contributed by atoms with E-state index in [-0.39, 0.29) is 23.0 Å². The Bertz CT molecular complexity index is 912. The highest BCUT2D eigenvalue weighted by molar-refractivity contribution is 6.22. The average Bonchev–Trinajstić information content (AvgIpc) is 2.68. The zero-order valence-electron chi connectivity index (χ0n) is 16.4. The molecule has 0 spiro atoms. The number of carbonyl (C=O) groups excluding carboxylic acids is 1. The van der Waals surface area contributed by atoms with Crippen molar-refractivity contribution in [2.24, 2.45) is 5.16 Å². The first-order valence-corrected chi connectivity index (χ1v) is 9.44. The molecule has 0 amide bonds. The van der Waals surface area contributed by atoms with Crippen molar-refractivity contribution < 1.29 is 19.5 Å². The third-order valence-corrected chi connectivity index (χ3v) is 4.72. The van der Waals surface area contributed by atoms with E-state index in [1.54, 1.807) is 6.92 Å². The van der Waals surface area contributed by atoms with Crippen LogP contribution in [0.4, 0.5) is 0 Å². The Morgan fingerprint density at radius 1 is 1.14 bits per heavy atom. The molecule has 0 aliphatic heterocycles. The third kappa shape index (κ3) is 4.60. The van der Waals surface area contributed by atoms with Crippen LogP contribution in [0, 0.1) is 6.92 Å². The normalized spacial score (nSPS) is 17.6. The molecule has 1 aliphatic rings. The lowest BCUT2D eigenvalue weighted by Gasteiger charge is -2.24. The molecular formula is C23H25NO4. The first-order valence-electron chi connectivity index (χ1n) is 9.44. The van der Waals surface area contributed by atoms with Crippen LogP contribution in [0.25, 0.3) is 0 Å². The molecule has 2 aromatic rings. The lowest BCUT2D eigenvalue weighted by molar-refractivity contribution is -0.116. The Kier molecular flexibility index (Phi) is 6.14. The third-order valence-electron chi connectivity index (χ3n) is 4.72. The van der Waals surface area contributed by atoms with Gasteiger partial charge >= 0.3 is 0 Å². The largest absolute Gasteiger partial charge is 0.511 e. The molecule has 1 unspecified atom stereocenters. The number of Topliss-reactive ketones (excluding diaryl/α,β-unsaturated/α-hetero) is 1. The number of ether oxygens (including phenoxy) is 1. The first kappa shape index (κ1) is 19.7. The molecule has 2 aromatic carbocycles. The minimum absolute atomic E-state index is 0.0621. The number of aryl methyl sites for hydroxylation is 1. The van der Waals surface area contributed by atoms with Gasteiger partial charge < -0.3 is 14.7 Å². The molecule has 0 bridgehead atoms. The van der Waals surface area contributed by atoms with Gasteiger partial charge in [-0.05, 0) is 56.5 Å². The van der Waals surface area contributed by atoms with E-state index < -0.39 is 0 Å². The number of nitrogens with zero attached hydrogens (tertiary/aromatic N) is 1. The number of oxime groups is 1. The minimum Gasteiger partial charge on any atom is -0.511 e. The van der Waals surface area contributed by atoms with Crippen LogP contribution in [-0.4, -0.2) is 23.2 Å². The summed E-state index contributed by atoms with van der Waals surface area (Å²) in [6.45, 7) is 5.93. The molecule has 0 saturated carbocycles. The number of benzene rings is 2. The second-order valence-electron chi connectivity index (χ2n) is 6.93. The van der Waals surface area contributed by atoms with Gasteiger partial charge in [-0.15, -0.1) is 0 Å². The number of ketones is 1. The molecule has 1 N–H and O–H groups in total. The van der Waals surface area contributed by atoms with Gasteiger partial charge in [0.1, 0.15) is 23.9 Å². The van der Waals surface area contributed by atoms with Crippen LogP contribution in [0.2, 0.25) is 0 Å². The monoisotopic (exact) mass is 379 g/mol. The summed E-state index contributed by atoms with van der Waals surface area (Å²) in [5.41, 5.74) is 2.82. The van der Waals surface area contributed by atoms with Crippen molar-refractivity contribution in [3.05, 3.63) is 71.0 Å². The Labute approximate surface area is 165 Å². The number of rotatable bonds is 6. The minimum atomic E-state index is -0.125. The lowest BCUT2D eigenvalue weighted by Crippen LogP contribution is -2.22. The zero-order chi connectivity index (χ0) is 20.1. The summed E-state index contributed by atoms with van der Waals surface area (Å²) >= 11 is 0. The molecule has 0 radical (unpaired) electrons. The molecule has 1 aliphatic carbocycles. The van der Waals surface area contributed by atoms with Crippen LogP contribution in [0.5, 0.6) is 11.5 Å². The van der Waals surface area contributed by atoms with Crippen LogP contribution in [0.3, 0.4) is 0 Å². The molecule has 3 rings (SSSR count). The van der Waals surface area contributed by atoms with Crippen LogP contribution >= 0.6 is 0 Å². The van der Waals surface area contributed by atoms with Gasteiger partial charge in [0.15, 0.2) is 5.78 Å².